The Morgan fingerprint density at radius 2 is 2.00 bits per heavy atom. The molecule has 116 valence electrons. The van der Waals surface area contributed by atoms with Crippen LogP contribution in [0.3, 0.4) is 0 Å². The number of benzene rings is 2. The van der Waals surface area contributed by atoms with E-state index in [1.165, 1.54) is 18.4 Å². The first-order valence-corrected chi connectivity index (χ1v) is 8.19. The molecule has 1 aromatic heterocycles. The first-order chi connectivity index (χ1) is 11.3. The molecule has 0 aliphatic heterocycles. The molecule has 1 aliphatic rings. The Kier molecular flexibility index (Phi) is 3.62. The van der Waals surface area contributed by atoms with Gasteiger partial charge in [0.05, 0.1) is 0 Å². The van der Waals surface area contributed by atoms with Crippen LogP contribution in [0.2, 0.25) is 0 Å². The van der Waals surface area contributed by atoms with E-state index in [9.17, 15) is 4.79 Å². The number of rotatable bonds is 3. The SMILES string of the molecule is O=C(NCC1=CCCCC1)c1cc2c(ccc3ccccc32)o1. The monoisotopic (exact) mass is 305 g/mol. The molecule has 0 atom stereocenters. The maximum absolute atomic E-state index is 12.4. The zero-order valence-corrected chi connectivity index (χ0v) is 13.0. The van der Waals surface area contributed by atoms with Gasteiger partial charge in [0.1, 0.15) is 5.58 Å². The van der Waals surface area contributed by atoms with Gasteiger partial charge in [0, 0.05) is 11.9 Å². The summed E-state index contributed by atoms with van der Waals surface area (Å²) in [5.41, 5.74) is 2.08. The highest BCUT2D eigenvalue weighted by atomic mass is 16.3. The predicted octanol–water partition coefficient (Wildman–Crippen LogP) is 4.82. The average molecular weight is 305 g/mol. The zero-order valence-electron chi connectivity index (χ0n) is 13.0. The van der Waals surface area contributed by atoms with Crippen molar-refractivity contribution in [2.45, 2.75) is 25.7 Å². The molecule has 0 bridgehead atoms. The van der Waals surface area contributed by atoms with Crippen molar-refractivity contribution in [3.05, 3.63) is 59.9 Å². The molecule has 1 heterocycles. The Balaban J connectivity index is 1.59. The summed E-state index contributed by atoms with van der Waals surface area (Å²) in [5.74, 6) is 0.240. The van der Waals surface area contributed by atoms with Crippen LogP contribution in [0.4, 0.5) is 0 Å². The minimum absolute atomic E-state index is 0.142. The zero-order chi connectivity index (χ0) is 15.6. The van der Waals surface area contributed by atoms with Crippen LogP contribution in [-0.2, 0) is 0 Å². The fourth-order valence-electron chi connectivity index (χ4n) is 3.25. The number of nitrogens with one attached hydrogen (secondary N) is 1. The predicted molar refractivity (Wildman–Crippen MR) is 92.6 cm³/mol. The third-order valence-electron chi connectivity index (χ3n) is 4.51. The van der Waals surface area contributed by atoms with Gasteiger partial charge in [-0.15, -0.1) is 0 Å². The summed E-state index contributed by atoms with van der Waals surface area (Å²) in [5, 5.41) is 6.23. The van der Waals surface area contributed by atoms with Gasteiger partial charge in [-0.25, -0.2) is 0 Å². The van der Waals surface area contributed by atoms with Crippen molar-refractivity contribution in [3.8, 4) is 0 Å². The summed E-state index contributed by atoms with van der Waals surface area (Å²) in [6, 6.07) is 13.9. The Morgan fingerprint density at radius 3 is 2.87 bits per heavy atom. The van der Waals surface area contributed by atoms with Crippen LogP contribution in [0.5, 0.6) is 0 Å². The molecule has 4 rings (SSSR count). The van der Waals surface area contributed by atoms with Gasteiger partial charge in [-0.3, -0.25) is 4.79 Å². The average Bonchev–Trinajstić information content (AvgIpc) is 3.05. The Morgan fingerprint density at radius 1 is 1.09 bits per heavy atom. The maximum atomic E-state index is 12.4. The molecular formula is C20H19NO2. The molecule has 0 spiro atoms. The first-order valence-electron chi connectivity index (χ1n) is 8.19. The van der Waals surface area contributed by atoms with Crippen LogP contribution >= 0.6 is 0 Å². The second-order valence-corrected chi connectivity index (χ2v) is 6.10. The van der Waals surface area contributed by atoms with E-state index in [-0.39, 0.29) is 5.91 Å². The molecule has 0 saturated carbocycles. The maximum Gasteiger partial charge on any atom is 0.287 e. The molecule has 3 nitrogen and oxygen atoms in total. The lowest BCUT2D eigenvalue weighted by Gasteiger charge is -2.12. The Bertz CT molecular complexity index is 904. The molecule has 1 N–H and O–H groups in total. The van der Waals surface area contributed by atoms with Crippen LogP contribution < -0.4 is 5.32 Å². The topological polar surface area (TPSA) is 42.2 Å². The minimum Gasteiger partial charge on any atom is -0.451 e. The lowest BCUT2D eigenvalue weighted by atomic mass is 10.00. The van der Waals surface area contributed by atoms with Crippen LogP contribution in [0.25, 0.3) is 21.7 Å². The number of amides is 1. The third kappa shape index (κ3) is 2.74. The number of fused-ring (bicyclic) bond motifs is 3. The van der Waals surface area contributed by atoms with Crippen molar-refractivity contribution in [2.24, 2.45) is 0 Å². The quantitative estimate of drug-likeness (QED) is 0.705. The van der Waals surface area contributed by atoms with Crippen LogP contribution in [0.1, 0.15) is 36.2 Å². The molecule has 0 saturated heterocycles. The smallest absolute Gasteiger partial charge is 0.287 e. The minimum atomic E-state index is -0.142. The van der Waals surface area contributed by atoms with E-state index in [0.29, 0.717) is 12.3 Å². The van der Waals surface area contributed by atoms with Gasteiger partial charge in [-0.1, -0.05) is 42.0 Å². The molecule has 23 heavy (non-hydrogen) atoms. The Labute approximate surface area is 135 Å². The molecule has 1 amide bonds. The lowest BCUT2D eigenvalue weighted by Crippen LogP contribution is -2.25. The molecule has 0 radical (unpaired) electrons. The van der Waals surface area contributed by atoms with Gasteiger partial charge >= 0.3 is 0 Å². The van der Waals surface area contributed by atoms with E-state index in [4.69, 9.17) is 4.42 Å². The molecule has 0 unspecified atom stereocenters. The standard InChI is InChI=1S/C20H19NO2/c22-20(21-13-14-6-2-1-3-7-14)19-12-17-16-9-5-4-8-15(16)10-11-18(17)23-19/h4-6,8-12H,1-3,7,13H2,(H,21,22). The van der Waals surface area contributed by atoms with E-state index in [1.54, 1.807) is 0 Å². The molecule has 3 aromatic rings. The highest BCUT2D eigenvalue weighted by Crippen LogP contribution is 2.28. The van der Waals surface area contributed by atoms with Crippen molar-refractivity contribution >= 4 is 27.6 Å². The second kappa shape index (κ2) is 5.92. The largest absolute Gasteiger partial charge is 0.451 e. The van der Waals surface area contributed by atoms with E-state index in [2.05, 4.69) is 23.5 Å². The van der Waals surface area contributed by atoms with Gasteiger partial charge in [0.15, 0.2) is 5.76 Å². The summed E-state index contributed by atoms with van der Waals surface area (Å²) in [6.07, 6.45) is 6.94. The van der Waals surface area contributed by atoms with Crippen LogP contribution in [-0.4, -0.2) is 12.5 Å². The van der Waals surface area contributed by atoms with Gasteiger partial charge in [0.2, 0.25) is 0 Å². The van der Waals surface area contributed by atoms with Crippen molar-refractivity contribution in [1.82, 2.24) is 5.32 Å². The third-order valence-corrected chi connectivity index (χ3v) is 4.51. The Hall–Kier alpha value is -2.55. The fraction of sp³-hybridized carbons (Fsp3) is 0.250. The number of hydrogen-bond donors (Lipinski definition) is 1. The summed E-state index contributed by atoms with van der Waals surface area (Å²) in [4.78, 5) is 12.4. The number of allylic oxidation sites excluding steroid dienone is 1. The normalized spacial score (nSPS) is 14.9. The van der Waals surface area contributed by atoms with Crippen LogP contribution in [0, 0.1) is 0 Å². The summed E-state index contributed by atoms with van der Waals surface area (Å²) in [7, 11) is 0. The summed E-state index contributed by atoms with van der Waals surface area (Å²) < 4.78 is 5.75. The van der Waals surface area contributed by atoms with Crippen LogP contribution in [0.15, 0.2) is 58.5 Å². The second-order valence-electron chi connectivity index (χ2n) is 6.10. The molecule has 3 heteroatoms. The van der Waals surface area contributed by atoms with Crippen molar-refractivity contribution in [3.63, 3.8) is 0 Å². The van der Waals surface area contributed by atoms with Gasteiger partial charge < -0.3 is 9.73 Å². The first kappa shape index (κ1) is 14.1. The fourth-order valence-corrected chi connectivity index (χ4v) is 3.25. The van der Waals surface area contributed by atoms with E-state index in [0.717, 1.165) is 34.6 Å². The number of carbonyl (C=O) groups is 1. The summed E-state index contributed by atoms with van der Waals surface area (Å²) >= 11 is 0. The molecule has 2 aromatic carbocycles. The number of carbonyl (C=O) groups excluding carboxylic acids is 1. The van der Waals surface area contributed by atoms with Gasteiger partial charge in [-0.05, 0) is 48.6 Å². The number of hydrogen-bond acceptors (Lipinski definition) is 2. The van der Waals surface area contributed by atoms with Gasteiger partial charge in [-0.2, -0.15) is 0 Å². The molecule has 1 aliphatic carbocycles. The van der Waals surface area contributed by atoms with E-state index >= 15 is 0 Å². The van der Waals surface area contributed by atoms with Crippen molar-refractivity contribution < 1.29 is 9.21 Å². The van der Waals surface area contributed by atoms with Crippen molar-refractivity contribution in [2.75, 3.05) is 6.54 Å². The van der Waals surface area contributed by atoms with E-state index < -0.39 is 0 Å². The van der Waals surface area contributed by atoms with Crippen molar-refractivity contribution in [1.29, 1.82) is 0 Å². The van der Waals surface area contributed by atoms with E-state index in [1.807, 2.05) is 30.3 Å². The van der Waals surface area contributed by atoms with Gasteiger partial charge in [0.25, 0.3) is 5.91 Å². The highest BCUT2D eigenvalue weighted by Gasteiger charge is 2.14. The molecule has 0 fully saturated rings. The highest BCUT2D eigenvalue weighted by molar-refractivity contribution is 6.08. The molecular weight excluding hydrogens is 286 g/mol. The summed E-state index contributed by atoms with van der Waals surface area (Å²) in [6.45, 7) is 0.622. The lowest BCUT2D eigenvalue weighted by molar-refractivity contribution is 0.0931. The number of furan rings is 1.